The van der Waals surface area contributed by atoms with Crippen LogP contribution in [0.1, 0.15) is 48.0 Å². The summed E-state index contributed by atoms with van der Waals surface area (Å²) in [5.41, 5.74) is 3.02. The van der Waals surface area contributed by atoms with Crippen LogP contribution in [-0.4, -0.2) is 49.1 Å². The largest absolute Gasteiger partial charge is 0.347 e. The Morgan fingerprint density at radius 2 is 1.83 bits per heavy atom. The Kier molecular flexibility index (Phi) is 6.29. The summed E-state index contributed by atoms with van der Waals surface area (Å²) in [6.45, 7) is 13.3. The highest BCUT2D eigenvalue weighted by Crippen LogP contribution is 2.30. The lowest BCUT2D eigenvalue weighted by Crippen LogP contribution is -2.53. The van der Waals surface area contributed by atoms with Crippen LogP contribution in [-0.2, 0) is 7.05 Å². The first-order chi connectivity index (χ1) is 13.9. The molecule has 0 saturated heterocycles. The number of pyridine rings is 1. The summed E-state index contributed by atoms with van der Waals surface area (Å²) < 4.78 is 1.79. The Morgan fingerprint density at radius 1 is 1.10 bits per heavy atom. The molecule has 30 heavy (non-hydrogen) atoms. The van der Waals surface area contributed by atoms with E-state index in [1.54, 1.807) is 16.0 Å². The first kappa shape index (κ1) is 22.4. The topological polar surface area (TPSA) is 71.8 Å². The number of nitrogens with one attached hydrogen (secondary N) is 1. The predicted molar refractivity (Wildman–Crippen MR) is 125 cm³/mol. The molecule has 0 aliphatic carbocycles. The van der Waals surface area contributed by atoms with Gasteiger partial charge < -0.3 is 10.2 Å². The fraction of sp³-hybridized carbons (Fsp3) is 0.545. The molecule has 0 saturated carbocycles. The molecule has 0 amide bonds. The summed E-state index contributed by atoms with van der Waals surface area (Å²) in [7, 11) is 3.99. The maximum Gasteiger partial charge on any atom is 0.208 e. The second kappa shape index (κ2) is 8.43. The molecule has 162 valence electrons. The number of hydrogen-bond donors (Lipinski definition) is 1. The van der Waals surface area contributed by atoms with Crippen molar-refractivity contribution in [1.82, 2.24) is 30.3 Å². The van der Waals surface area contributed by atoms with Crippen molar-refractivity contribution in [1.29, 1.82) is 0 Å². The van der Waals surface area contributed by atoms with E-state index in [2.05, 4.69) is 79.1 Å². The van der Waals surface area contributed by atoms with Gasteiger partial charge in [0.2, 0.25) is 5.13 Å². The van der Waals surface area contributed by atoms with Crippen LogP contribution in [0.5, 0.6) is 0 Å². The SMILES string of the molecule is CC(CC(C)(C)NC(C)(C)C)N(C)c1nnc(-c2ccc(-c3cnn(C)c3)cn2)s1. The van der Waals surface area contributed by atoms with Crippen LogP contribution in [0, 0.1) is 0 Å². The van der Waals surface area contributed by atoms with E-state index < -0.39 is 0 Å². The number of nitrogens with zero attached hydrogens (tertiary/aromatic N) is 6. The molecule has 0 spiro atoms. The molecule has 3 heterocycles. The highest BCUT2D eigenvalue weighted by atomic mass is 32.1. The fourth-order valence-electron chi connectivity index (χ4n) is 3.85. The van der Waals surface area contributed by atoms with Gasteiger partial charge in [-0.25, -0.2) is 0 Å². The fourth-order valence-corrected chi connectivity index (χ4v) is 4.74. The number of anilines is 1. The first-order valence-corrected chi connectivity index (χ1v) is 11.1. The van der Waals surface area contributed by atoms with E-state index in [1.807, 2.05) is 37.8 Å². The van der Waals surface area contributed by atoms with Crippen LogP contribution in [0.4, 0.5) is 5.13 Å². The highest BCUT2D eigenvalue weighted by Gasteiger charge is 2.28. The summed E-state index contributed by atoms with van der Waals surface area (Å²) in [4.78, 5) is 6.80. The third kappa shape index (κ3) is 5.64. The molecule has 0 aromatic carbocycles. The molecule has 3 aromatic heterocycles. The number of aromatic nitrogens is 5. The zero-order valence-corrected chi connectivity index (χ0v) is 20.1. The van der Waals surface area contributed by atoms with Gasteiger partial charge in [0.05, 0.1) is 6.20 Å². The molecule has 0 aliphatic heterocycles. The summed E-state index contributed by atoms with van der Waals surface area (Å²) in [5.74, 6) is 0. The van der Waals surface area contributed by atoms with Crippen molar-refractivity contribution in [3.63, 3.8) is 0 Å². The Morgan fingerprint density at radius 3 is 2.40 bits per heavy atom. The van der Waals surface area contributed by atoms with Crippen molar-refractivity contribution < 1.29 is 0 Å². The Balaban J connectivity index is 1.69. The third-order valence-electron chi connectivity index (χ3n) is 4.92. The Bertz CT molecular complexity index is 966. The van der Waals surface area contributed by atoms with Crippen LogP contribution in [0.2, 0.25) is 0 Å². The summed E-state index contributed by atoms with van der Waals surface area (Å²) >= 11 is 1.57. The zero-order valence-electron chi connectivity index (χ0n) is 19.3. The number of rotatable bonds is 7. The van der Waals surface area contributed by atoms with Crippen LogP contribution < -0.4 is 10.2 Å². The maximum atomic E-state index is 4.59. The van der Waals surface area contributed by atoms with Crippen molar-refractivity contribution in [3.05, 3.63) is 30.7 Å². The van der Waals surface area contributed by atoms with Gasteiger partial charge in [-0.1, -0.05) is 17.4 Å². The molecule has 8 heteroatoms. The summed E-state index contributed by atoms with van der Waals surface area (Å²) in [6.07, 6.45) is 6.67. The molecule has 3 aromatic rings. The van der Waals surface area contributed by atoms with E-state index in [0.29, 0.717) is 6.04 Å². The average molecular weight is 428 g/mol. The molecule has 3 rings (SSSR count). The second-order valence-electron chi connectivity index (χ2n) is 9.65. The van der Waals surface area contributed by atoms with Crippen molar-refractivity contribution in [3.8, 4) is 21.8 Å². The van der Waals surface area contributed by atoms with E-state index in [4.69, 9.17) is 0 Å². The molecular weight excluding hydrogens is 394 g/mol. The monoisotopic (exact) mass is 427 g/mol. The molecule has 1 atom stereocenters. The van der Waals surface area contributed by atoms with Gasteiger partial charge >= 0.3 is 0 Å². The van der Waals surface area contributed by atoms with E-state index in [9.17, 15) is 0 Å². The van der Waals surface area contributed by atoms with Gasteiger partial charge in [-0.15, -0.1) is 10.2 Å². The molecule has 1 N–H and O–H groups in total. The minimum Gasteiger partial charge on any atom is -0.347 e. The highest BCUT2D eigenvalue weighted by molar-refractivity contribution is 7.18. The van der Waals surface area contributed by atoms with Gasteiger partial charge in [0, 0.05) is 54.7 Å². The normalized spacial score (nSPS) is 13.5. The van der Waals surface area contributed by atoms with Crippen molar-refractivity contribution in [2.75, 3.05) is 11.9 Å². The first-order valence-electron chi connectivity index (χ1n) is 10.2. The van der Waals surface area contributed by atoms with E-state index in [-0.39, 0.29) is 11.1 Å². The van der Waals surface area contributed by atoms with Crippen LogP contribution >= 0.6 is 11.3 Å². The van der Waals surface area contributed by atoms with Gasteiger partial charge in [0.25, 0.3) is 0 Å². The van der Waals surface area contributed by atoms with Crippen molar-refractivity contribution >= 4 is 16.5 Å². The van der Waals surface area contributed by atoms with E-state index in [1.165, 1.54) is 0 Å². The van der Waals surface area contributed by atoms with Crippen LogP contribution in [0.3, 0.4) is 0 Å². The standard InChI is InChI=1S/C22H33N7S/c1-15(11-22(5,6)27-21(2,3)4)29(8)20-26-25-19(30-20)18-10-9-16(12-23-18)17-13-24-28(7)14-17/h9-10,12-15,27H,11H2,1-8H3. The van der Waals surface area contributed by atoms with Crippen LogP contribution in [0.15, 0.2) is 30.7 Å². The van der Waals surface area contributed by atoms with Gasteiger partial charge in [-0.2, -0.15) is 5.10 Å². The molecule has 0 radical (unpaired) electrons. The van der Waals surface area contributed by atoms with Gasteiger partial charge in [-0.3, -0.25) is 9.67 Å². The zero-order chi connectivity index (χ0) is 22.1. The molecule has 1 unspecified atom stereocenters. The van der Waals surface area contributed by atoms with Gasteiger partial charge in [0.1, 0.15) is 5.69 Å². The Labute approximate surface area is 183 Å². The van der Waals surface area contributed by atoms with E-state index in [0.717, 1.165) is 33.4 Å². The van der Waals surface area contributed by atoms with E-state index >= 15 is 0 Å². The summed E-state index contributed by atoms with van der Waals surface area (Å²) in [5, 5.41) is 18.5. The number of hydrogen-bond acceptors (Lipinski definition) is 7. The molecule has 7 nitrogen and oxygen atoms in total. The predicted octanol–water partition coefficient (Wildman–Crippen LogP) is 4.38. The lowest BCUT2D eigenvalue weighted by molar-refractivity contribution is 0.255. The maximum absolute atomic E-state index is 4.59. The molecule has 0 fully saturated rings. The van der Waals surface area contributed by atoms with Crippen LogP contribution in [0.25, 0.3) is 21.8 Å². The lowest BCUT2D eigenvalue weighted by atomic mass is 9.92. The van der Waals surface area contributed by atoms with Crippen molar-refractivity contribution in [2.45, 2.75) is 65.1 Å². The smallest absolute Gasteiger partial charge is 0.208 e. The third-order valence-corrected chi connectivity index (χ3v) is 5.95. The second-order valence-corrected chi connectivity index (χ2v) is 10.6. The minimum atomic E-state index is 0.0170. The van der Waals surface area contributed by atoms with Crippen molar-refractivity contribution in [2.24, 2.45) is 7.05 Å². The quantitative estimate of drug-likeness (QED) is 0.603. The number of aryl methyl sites for hydroxylation is 1. The van der Waals surface area contributed by atoms with Gasteiger partial charge in [-0.05, 0) is 54.0 Å². The average Bonchev–Trinajstić information content (AvgIpc) is 3.28. The molecular formula is C22H33N7S. The molecule has 0 bridgehead atoms. The Hall–Kier alpha value is -2.32. The summed E-state index contributed by atoms with van der Waals surface area (Å²) in [6, 6.07) is 4.36. The molecule has 0 aliphatic rings. The van der Waals surface area contributed by atoms with Gasteiger partial charge in [0.15, 0.2) is 5.01 Å². The lowest BCUT2D eigenvalue weighted by Gasteiger charge is -2.38. The minimum absolute atomic E-state index is 0.0170.